The maximum absolute atomic E-state index is 12.4. The normalized spacial score (nSPS) is 27.5. The van der Waals surface area contributed by atoms with Gasteiger partial charge in [-0.2, -0.15) is 0 Å². The molecule has 33 heavy (non-hydrogen) atoms. The highest BCUT2D eigenvalue weighted by Gasteiger charge is 2.67. The van der Waals surface area contributed by atoms with Gasteiger partial charge in [-0.05, 0) is 23.2 Å². The van der Waals surface area contributed by atoms with Crippen molar-refractivity contribution in [3.05, 3.63) is 12.7 Å². The third kappa shape index (κ3) is 4.06. The molecule has 4 N–H and O–H groups in total. The van der Waals surface area contributed by atoms with Crippen molar-refractivity contribution in [2.24, 2.45) is 0 Å². The first-order valence-electron chi connectivity index (χ1n) is 11.5. The summed E-state index contributed by atoms with van der Waals surface area (Å²) in [5, 5.41) is 22.2. The molecule has 1 fully saturated rings. The topological polar surface area (TPSA) is 129 Å². The summed E-state index contributed by atoms with van der Waals surface area (Å²) in [4.78, 5) is 12.7. The van der Waals surface area contributed by atoms with Crippen LogP contribution in [-0.2, 0) is 9.16 Å². The molecule has 2 aromatic rings. The summed E-state index contributed by atoms with van der Waals surface area (Å²) in [5.74, 6) is 0.256. The number of rotatable bonds is 5. The fraction of sp³-hybridized carbons (Fsp3) is 0.773. The van der Waals surface area contributed by atoms with Gasteiger partial charge in [0.15, 0.2) is 26.0 Å². The Morgan fingerprint density at radius 2 is 1.70 bits per heavy atom. The highest BCUT2D eigenvalue weighted by atomic mass is 28.4. The number of hydrogen-bond donors (Lipinski definition) is 3. The summed E-state index contributed by atoms with van der Waals surface area (Å²) in [5.41, 5.74) is 6.90. The number of nitrogens with two attached hydrogens (primary N) is 1. The number of nitrogen functional groups attached to an aromatic ring is 1. The monoisotopic (exact) mass is 495 g/mol. The van der Waals surface area contributed by atoms with E-state index in [9.17, 15) is 10.2 Å². The zero-order chi connectivity index (χ0) is 25.2. The smallest absolute Gasteiger partial charge is 0.192 e. The number of ether oxygens (including phenoxy) is 1. The van der Waals surface area contributed by atoms with Crippen molar-refractivity contribution in [1.29, 1.82) is 0 Å². The maximum Gasteiger partial charge on any atom is 0.192 e. The lowest BCUT2D eigenvalue weighted by molar-refractivity contribution is -0.0665. The molecule has 186 valence electrons. The molecule has 3 rings (SSSR count). The van der Waals surface area contributed by atoms with Gasteiger partial charge in [-0.3, -0.25) is 4.57 Å². The van der Waals surface area contributed by atoms with Gasteiger partial charge in [0.25, 0.3) is 0 Å². The van der Waals surface area contributed by atoms with Crippen LogP contribution >= 0.6 is 0 Å². The second kappa shape index (κ2) is 8.09. The Labute approximate surface area is 198 Å². The van der Waals surface area contributed by atoms with Gasteiger partial charge in [-0.1, -0.05) is 54.6 Å². The van der Waals surface area contributed by atoms with Crippen molar-refractivity contribution in [2.45, 2.75) is 101 Å². The first kappa shape index (κ1) is 26.2. The van der Waals surface area contributed by atoms with Crippen LogP contribution in [0.1, 0.15) is 47.8 Å². The van der Waals surface area contributed by atoms with Gasteiger partial charge in [-0.25, -0.2) is 15.0 Å². The first-order chi connectivity index (χ1) is 14.9. The fourth-order valence-electron chi connectivity index (χ4n) is 4.01. The molecule has 4 atom stereocenters. The lowest BCUT2D eigenvalue weighted by atomic mass is 10.1. The average Bonchev–Trinajstić information content (AvgIpc) is 3.20. The van der Waals surface area contributed by atoms with Gasteiger partial charge in [0.1, 0.15) is 29.3 Å². The third-order valence-electron chi connectivity index (χ3n) is 8.41. The molecule has 3 heterocycles. The molecule has 9 nitrogen and oxygen atoms in total. The Balaban J connectivity index is 2.08. The number of aromatic nitrogens is 4. The van der Waals surface area contributed by atoms with Crippen molar-refractivity contribution >= 4 is 33.4 Å². The van der Waals surface area contributed by atoms with Crippen molar-refractivity contribution in [3.63, 3.8) is 0 Å². The van der Waals surface area contributed by atoms with E-state index in [1.54, 1.807) is 10.9 Å². The standard InChI is InChI=1S/C22H41N5O4Si2/c1-20(2,3)32(7,8)22(29)16(28)14(11-30-33(9,10)21(4,5)6)31-19(22)27-13-26-15-17(23)24-12-25-18(15)27/h12-14,16,19,28-29H,11H2,1-10H3,(H2,23,24,25)/t14-,16-,19-,22+/m1/s1. The Morgan fingerprint density at radius 1 is 1.09 bits per heavy atom. The lowest BCUT2D eigenvalue weighted by Crippen LogP contribution is -2.67. The van der Waals surface area contributed by atoms with E-state index < -0.39 is 40.1 Å². The highest BCUT2D eigenvalue weighted by molar-refractivity contribution is 6.83. The van der Waals surface area contributed by atoms with Crippen LogP contribution in [0.5, 0.6) is 0 Å². The van der Waals surface area contributed by atoms with E-state index in [1.165, 1.54) is 6.33 Å². The van der Waals surface area contributed by atoms with Gasteiger partial charge < -0.3 is 25.1 Å². The molecular formula is C22H41N5O4Si2. The second-order valence-electron chi connectivity index (χ2n) is 12.3. The van der Waals surface area contributed by atoms with Crippen LogP contribution in [0.25, 0.3) is 11.2 Å². The predicted molar refractivity (Wildman–Crippen MR) is 135 cm³/mol. The van der Waals surface area contributed by atoms with Crippen LogP contribution in [0, 0.1) is 0 Å². The van der Waals surface area contributed by atoms with E-state index in [1.807, 2.05) is 0 Å². The van der Waals surface area contributed by atoms with Crippen molar-refractivity contribution in [1.82, 2.24) is 19.5 Å². The summed E-state index contributed by atoms with van der Waals surface area (Å²) in [6, 6.07) is 0. The number of hydrogen-bond acceptors (Lipinski definition) is 8. The molecule has 1 aliphatic heterocycles. The summed E-state index contributed by atoms with van der Waals surface area (Å²) in [6.07, 6.45) is 0.206. The minimum absolute atomic E-state index is 0.0146. The van der Waals surface area contributed by atoms with E-state index in [0.29, 0.717) is 11.2 Å². The number of nitrogens with zero attached hydrogens (tertiary/aromatic N) is 4. The molecule has 1 saturated heterocycles. The van der Waals surface area contributed by atoms with Gasteiger partial charge in [0, 0.05) is 0 Å². The largest absolute Gasteiger partial charge is 0.414 e. The SMILES string of the molecule is CC(C)(C)[Si](C)(C)OC[C@H]1O[C@@H](n2cnc3c(N)ncnc32)[C@@](O)([Si](C)(C)C(C)(C)C)[C@@H]1O. The molecule has 0 saturated carbocycles. The minimum Gasteiger partial charge on any atom is -0.414 e. The molecule has 2 aromatic heterocycles. The summed E-state index contributed by atoms with van der Waals surface area (Å²) in [6.45, 7) is 21.5. The highest BCUT2D eigenvalue weighted by Crippen LogP contribution is 2.53. The molecule has 11 heteroatoms. The van der Waals surface area contributed by atoms with Crippen LogP contribution < -0.4 is 5.73 Å². The van der Waals surface area contributed by atoms with E-state index >= 15 is 0 Å². The van der Waals surface area contributed by atoms with Crippen molar-refractivity contribution < 1.29 is 19.4 Å². The van der Waals surface area contributed by atoms with Gasteiger partial charge in [0.05, 0.1) is 21.0 Å². The summed E-state index contributed by atoms with van der Waals surface area (Å²) in [7, 11) is -4.71. The Bertz CT molecular complexity index is 1010. The fourth-order valence-corrected chi connectivity index (χ4v) is 7.97. The molecule has 0 amide bonds. The van der Waals surface area contributed by atoms with E-state index in [0.717, 1.165) is 0 Å². The van der Waals surface area contributed by atoms with Crippen LogP contribution in [-0.4, -0.2) is 70.2 Å². The quantitative estimate of drug-likeness (QED) is 0.538. The molecule has 1 aliphatic rings. The van der Waals surface area contributed by atoms with Crippen LogP contribution in [0.4, 0.5) is 5.82 Å². The number of imidazole rings is 1. The van der Waals surface area contributed by atoms with Crippen LogP contribution in [0.15, 0.2) is 12.7 Å². The van der Waals surface area contributed by atoms with Gasteiger partial charge in [-0.15, -0.1) is 0 Å². The van der Waals surface area contributed by atoms with E-state index in [-0.39, 0.29) is 22.5 Å². The molecular weight excluding hydrogens is 454 g/mol. The maximum atomic E-state index is 12.4. The first-order valence-corrected chi connectivity index (χ1v) is 17.4. The zero-order valence-corrected chi connectivity index (χ0v) is 23.7. The molecule has 0 unspecified atom stereocenters. The Morgan fingerprint density at radius 3 is 2.24 bits per heavy atom. The number of anilines is 1. The molecule has 0 spiro atoms. The van der Waals surface area contributed by atoms with E-state index in [2.05, 4.69) is 82.7 Å². The number of fused-ring (bicyclic) bond motifs is 1. The second-order valence-corrected chi connectivity index (χ2v) is 22.7. The Kier molecular flexibility index (Phi) is 6.43. The molecule has 0 bridgehead atoms. The number of aliphatic hydroxyl groups excluding tert-OH is 1. The van der Waals surface area contributed by atoms with Gasteiger partial charge >= 0.3 is 0 Å². The van der Waals surface area contributed by atoms with Gasteiger partial charge in [0.2, 0.25) is 0 Å². The zero-order valence-electron chi connectivity index (χ0n) is 21.7. The molecule has 0 aromatic carbocycles. The molecule has 0 radical (unpaired) electrons. The summed E-state index contributed by atoms with van der Waals surface area (Å²) >= 11 is 0. The summed E-state index contributed by atoms with van der Waals surface area (Å²) < 4.78 is 14.5. The van der Waals surface area contributed by atoms with E-state index in [4.69, 9.17) is 14.9 Å². The lowest BCUT2D eigenvalue weighted by Gasteiger charge is -2.50. The van der Waals surface area contributed by atoms with Crippen LogP contribution in [0.3, 0.4) is 0 Å². The van der Waals surface area contributed by atoms with Crippen LogP contribution in [0.2, 0.25) is 36.3 Å². The average molecular weight is 496 g/mol. The predicted octanol–water partition coefficient (Wildman–Crippen LogP) is 3.47. The Hall–Kier alpha value is -1.38. The molecule has 0 aliphatic carbocycles. The third-order valence-corrected chi connectivity index (χ3v) is 19.2. The number of aliphatic hydroxyl groups is 2. The van der Waals surface area contributed by atoms with Crippen molar-refractivity contribution in [3.8, 4) is 0 Å². The van der Waals surface area contributed by atoms with Crippen molar-refractivity contribution in [2.75, 3.05) is 12.3 Å². The minimum atomic E-state index is -2.62.